The summed E-state index contributed by atoms with van der Waals surface area (Å²) in [6.07, 6.45) is 4.95. The fourth-order valence-corrected chi connectivity index (χ4v) is 3.90. The highest BCUT2D eigenvalue weighted by molar-refractivity contribution is 7.21. The molecule has 1 aliphatic carbocycles. The molecule has 5 heteroatoms. The van der Waals surface area contributed by atoms with Gasteiger partial charge in [0.1, 0.15) is 9.71 Å². The molecule has 1 saturated carbocycles. The van der Waals surface area contributed by atoms with Crippen molar-refractivity contribution in [1.29, 1.82) is 0 Å². The summed E-state index contributed by atoms with van der Waals surface area (Å²) in [6, 6.07) is 4.01. The van der Waals surface area contributed by atoms with E-state index < -0.39 is 0 Å². The first-order valence-corrected chi connectivity index (χ1v) is 7.72. The zero-order chi connectivity index (χ0) is 14.3. The van der Waals surface area contributed by atoms with Crippen LogP contribution in [0.4, 0.5) is 5.69 Å². The van der Waals surface area contributed by atoms with Crippen LogP contribution in [0.15, 0.2) is 18.3 Å². The summed E-state index contributed by atoms with van der Waals surface area (Å²) in [4.78, 5) is 18.1. The highest BCUT2D eigenvalue weighted by Crippen LogP contribution is 2.37. The molecule has 3 N–H and O–H groups in total. The second kappa shape index (κ2) is 4.74. The Hall–Kier alpha value is -1.62. The van der Waals surface area contributed by atoms with Gasteiger partial charge in [-0.1, -0.05) is 13.8 Å². The zero-order valence-corrected chi connectivity index (χ0v) is 12.6. The van der Waals surface area contributed by atoms with Gasteiger partial charge in [-0.3, -0.25) is 4.79 Å². The van der Waals surface area contributed by atoms with Crippen molar-refractivity contribution in [1.82, 2.24) is 10.3 Å². The van der Waals surface area contributed by atoms with Crippen molar-refractivity contribution in [3.05, 3.63) is 23.2 Å². The molecular weight excluding hydrogens is 270 g/mol. The predicted octanol–water partition coefficient (Wildman–Crippen LogP) is 3.19. The number of carbonyl (C=O) groups is 1. The fourth-order valence-electron chi connectivity index (χ4n) is 2.93. The number of amides is 1. The van der Waals surface area contributed by atoms with Crippen LogP contribution in [0.25, 0.3) is 10.2 Å². The van der Waals surface area contributed by atoms with E-state index in [0.717, 1.165) is 29.5 Å². The number of carbonyl (C=O) groups excluding carboxylic acids is 1. The number of fused-ring (bicyclic) bond motifs is 1. The summed E-state index contributed by atoms with van der Waals surface area (Å²) in [6.45, 7) is 4.49. The van der Waals surface area contributed by atoms with Gasteiger partial charge in [0.2, 0.25) is 0 Å². The molecule has 1 amide bonds. The van der Waals surface area contributed by atoms with Crippen molar-refractivity contribution in [3.8, 4) is 0 Å². The van der Waals surface area contributed by atoms with Crippen molar-refractivity contribution in [2.45, 2.75) is 39.2 Å². The van der Waals surface area contributed by atoms with Gasteiger partial charge < -0.3 is 11.1 Å². The van der Waals surface area contributed by atoms with Gasteiger partial charge in [-0.2, -0.15) is 0 Å². The molecule has 106 valence electrons. The smallest absolute Gasteiger partial charge is 0.263 e. The first-order valence-electron chi connectivity index (χ1n) is 6.90. The second-order valence-electron chi connectivity index (χ2n) is 6.28. The van der Waals surface area contributed by atoms with Crippen LogP contribution in [0, 0.1) is 5.41 Å². The van der Waals surface area contributed by atoms with Crippen molar-refractivity contribution >= 4 is 33.1 Å². The van der Waals surface area contributed by atoms with Crippen molar-refractivity contribution in [3.63, 3.8) is 0 Å². The number of thiophene rings is 1. The molecule has 2 aromatic rings. The standard InChI is InChI=1S/C15H19N3OS/c1-15(2)6-5-9(8-15)18-13(19)12-11(16)10-4-3-7-17-14(10)20-12/h3-4,7,9H,5-6,8,16H2,1-2H3,(H,18,19). The molecule has 0 radical (unpaired) electrons. The predicted molar refractivity (Wildman–Crippen MR) is 82.9 cm³/mol. The normalized spacial score (nSPS) is 21.2. The third-order valence-electron chi connectivity index (χ3n) is 4.01. The van der Waals surface area contributed by atoms with Gasteiger partial charge in [0.15, 0.2) is 0 Å². The molecule has 2 aromatic heterocycles. The van der Waals surface area contributed by atoms with E-state index in [1.54, 1.807) is 6.20 Å². The molecule has 1 aliphatic rings. The molecule has 4 nitrogen and oxygen atoms in total. The van der Waals surface area contributed by atoms with Gasteiger partial charge in [-0.05, 0) is 36.8 Å². The summed E-state index contributed by atoms with van der Waals surface area (Å²) >= 11 is 1.37. The van der Waals surface area contributed by atoms with E-state index in [-0.39, 0.29) is 11.9 Å². The fraction of sp³-hybridized carbons (Fsp3) is 0.467. The number of hydrogen-bond acceptors (Lipinski definition) is 4. The molecule has 0 aliphatic heterocycles. The molecule has 0 aromatic carbocycles. The van der Waals surface area contributed by atoms with Crippen LogP contribution >= 0.6 is 11.3 Å². The molecule has 1 fully saturated rings. The molecule has 0 saturated heterocycles. The quantitative estimate of drug-likeness (QED) is 0.892. The van der Waals surface area contributed by atoms with Crippen molar-refractivity contribution in [2.24, 2.45) is 5.41 Å². The summed E-state index contributed by atoms with van der Waals surface area (Å²) in [5.41, 5.74) is 6.95. The average Bonchev–Trinajstić information content (AvgIpc) is 2.91. The Labute approximate surface area is 122 Å². The zero-order valence-electron chi connectivity index (χ0n) is 11.8. The first-order chi connectivity index (χ1) is 9.46. The van der Waals surface area contributed by atoms with E-state index in [1.165, 1.54) is 11.3 Å². The van der Waals surface area contributed by atoms with E-state index in [9.17, 15) is 4.79 Å². The lowest BCUT2D eigenvalue weighted by atomic mass is 9.92. The van der Waals surface area contributed by atoms with Crippen LogP contribution in [0.3, 0.4) is 0 Å². The van der Waals surface area contributed by atoms with Crippen LogP contribution in [0.1, 0.15) is 42.8 Å². The minimum absolute atomic E-state index is 0.0619. The molecule has 0 spiro atoms. The highest BCUT2D eigenvalue weighted by atomic mass is 32.1. The van der Waals surface area contributed by atoms with Crippen LogP contribution in [-0.4, -0.2) is 16.9 Å². The third kappa shape index (κ3) is 2.38. The number of pyridine rings is 1. The lowest BCUT2D eigenvalue weighted by Gasteiger charge is -2.17. The van der Waals surface area contributed by atoms with E-state index >= 15 is 0 Å². The van der Waals surface area contributed by atoms with E-state index in [2.05, 4.69) is 24.1 Å². The van der Waals surface area contributed by atoms with Gasteiger partial charge in [0, 0.05) is 17.6 Å². The Morgan fingerprint density at radius 1 is 1.55 bits per heavy atom. The lowest BCUT2D eigenvalue weighted by Crippen LogP contribution is -2.33. The third-order valence-corrected chi connectivity index (χ3v) is 5.14. The lowest BCUT2D eigenvalue weighted by molar-refractivity contribution is 0.0941. The van der Waals surface area contributed by atoms with Gasteiger partial charge in [0.25, 0.3) is 5.91 Å². The minimum atomic E-state index is -0.0619. The Balaban J connectivity index is 1.81. The Morgan fingerprint density at radius 3 is 3.00 bits per heavy atom. The number of hydrogen-bond donors (Lipinski definition) is 2. The van der Waals surface area contributed by atoms with Gasteiger partial charge in [-0.25, -0.2) is 4.98 Å². The van der Waals surface area contributed by atoms with E-state index in [0.29, 0.717) is 16.0 Å². The first kappa shape index (κ1) is 13.4. The van der Waals surface area contributed by atoms with Crippen molar-refractivity contribution < 1.29 is 4.79 Å². The summed E-state index contributed by atoms with van der Waals surface area (Å²) in [5.74, 6) is -0.0619. The highest BCUT2D eigenvalue weighted by Gasteiger charge is 2.32. The van der Waals surface area contributed by atoms with Crippen LogP contribution in [0.2, 0.25) is 0 Å². The van der Waals surface area contributed by atoms with Crippen LogP contribution in [0.5, 0.6) is 0 Å². The van der Waals surface area contributed by atoms with Crippen LogP contribution in [-0.2, 0) is 0 Å². The Kier molecular flexibility index (Phi) is 3.17. The number of nitrogens with two attached hydrogens (primary N) is 1. The maximum absolute atomic E-state index is 12.4. The van der Waals surface area contributed by atoms with E-state index in [1.807, 2.05) is 12.1 Å². The maximum Gasteiger partial charge on any atom is 0.263 e. The summed E-state index contributed by atoms with van der Waals surface area (Å²) in [7, 11) is 0. The van der Waals surface area contributed by atoms with Gasteiger partial charge in [-0.15, -0.1) is 11.3 Å². The van der Waals surface area contributed by atoms with E-state index in [4.69, 9.17) is 5.73 Å². The number of nitrogens with one attached hydrogen (secondary N) is 1. The molecule has 20 heavy (non-hydrogen) atoms. The van der Waals surface area contributed by atoms with Gasteiger partial charge >= 0.3 is 0 Å². The molecular formula is C15H19N3OS. The SMILES string of the molecule is CC1(C)CCC(NC(=O)c2sc3ncccc3c2N)C1. The maximum atomic E-state index is 12.4. The molecule has 0 bridgehead atoms. The number of nitrogen functional groups attached to an aromatic ring is 1. The second-order valence-corrected chi connectivity index (χ2v) is 7.28. The van der Waals surface area contributed by atoms with Crippen molar-refractivity contribution in [2.75, 3.05) is 5.73 Å². The monoisotopic (exact) mass is 289 g/mol. The average molecular weight is 289 g/mol. The molecule has 2 heterocycles. The molecule has 1 atom stereocenters. The number of aromatic nitrogens is 1. The Bertz CT molecular complexity index is 662. The van der Waals surface area contributed by atoms with Gasteiger partial charge in [0.05, 0.1) is 5.69 Å². The molecule has 3 rings (SSSR count). The number of nitrogens with zero attached hydrogens (tertiary/aromatic N) is 1. The van der Waals surface area contributed by atoms with Crippen LogP contribution < -0.4 is 11.1 Å². The topological polar surface area (TPSA) is 68.0 Å². The minimum Gasteiger partial charge on any atom is -0.397 e. The largest absolute Gasteiger partial charge is 0.397 e. The summed E-state index contributed by atoms with van der Waals surface area (Å²) in [5, 5.41) is 3.99. The molecule has 1 unspecified atom stereocenters. The Morgan fingerprint density at radius 2 is 2.35 bits per heavy atom. The summed E-state index contributed by atoms with van der Waals surface area (Å²) < 4.78 is 0. The number of rotatable bonds is 2. The number of anilines is 1.